The molecule has 0 radical (unpaired) electrons. The highest BCUT2D eigenvalue weighted by molar-refractivity contribution is 6.37. The van der Waals surface area contributed by atoms with E-state index >= 15 is 0 Å². The Labute approximate surface area is 156 Å². The predicted octanol–water partition coefficient (Wildman–Crippen LogP) is 3.75. The summed E-state index contributed by atoms with van der Waals surface area (Å²) in [5.74, 6) is -0.724. The standard InChI is InChI=1S/C18H18Cl2N2O3/c19-12-7-8-13(15(20)11-12)18(25)22-16-6-2-1-5-14(16)17(24)21-9-3-4-10-23/h1-2,5-8,11,23H,3-4,9-10H2,(H,21,24)(H,22,25). The van der Waals surface area contributed by atoms with Crippen molar-refractivity contribution in [2.24, 2.45) is 0 Å². The molecular formula is C18H18Cl2N2O3. The Morgan fingerprint density at radius 3 is 2.44 bits per heavy atom. The lowest BCUT2D eigenvalue weighted by Gasteiger charge is -2.12. The third kappa shape index (κ3) is 5.46. The smallest absolute Gasteiger partial charge is 0.257 e. The van der Waals surface area contributed by atoms with Crippen molar-refractivity contribution in [3.05, 3.63) is 63.6 Å². The molecule has 5 nitrogen and oxygen atoms in total. The van der Waals surface area contributed by atoms with Crippen molar-refractivity contribution in [2.75, 3.05) is 18.5 Å². The maximum Gasteiger partial charge on any atom is 0.257 e. The summed E-state index contributed by atoms with van der Waals surface area (Å²) in [6.07, 6.45) is 1.30. The minimum absolute atomic E-state index is 0.0877. The molecule has 0 heterocycles. The molecule has 0 aliphatic heterocycles. The molecule has 0 saturated carbocycles. The third-order valence-corrected chi connectivity index (χ3v) is 4.01. The van der Waals surface area contributed by atoms with E-state index in [0.717, 1.165) is 0 Å². The second kappa shape index (κ2) is 9.42. The number of anilines is 1. The van der Waals surface area contributed by atoms with Gasteiger partial charge < -0.3 is 15.7 Å². The number of halogens is 2. The van der Waals surface area contributed by atoms with E-state index in [2.05, 4.69) is 10.6 Å². The van der Waals surface area contributed by atoms with E-state index in [1.165, 1.54) is 12.1 Å². The van der Waals surface area contributed by atoms with Gasteiger partial charge >= 0.3 is 0 Å². The molecule has 0 spiro atoms. The lowest BCUT2D eigenvalue weighted by molar-refractivity contribution is 0.0953. The first-order valence-corrected chi connectivity index (χ1v) is 8.53. The Morgan fingerprint density at radius 2 is 1.72 bits per heavy atom. The average molecular weight is 381 g/mol. The Balaban J connectivity index is 2.12. The fraction of sp³-hybridized carbons (Fsp3) is 0.222. The lowest BCUT2D eigenvalue weighted by Crippen LogP contribution is -2.26. The molecule has 0 fully saturated rings. The second-order valence-corrected chi connectivity index (χ2v) is 6.15. The number of para-hydroxylation sites is 1. The van der Waals surface area contributed by atoms with Crippen LogP contribution in [0.5, 0.6) is 0 Å². The monoisotopic (exact) mass is 380 g/mol. The van der Waals surface area contributed by atoms with Gasteiger partial charge in [0.25, 0.3) is 11.8 Å². The van der Waals surface area contributed by atoms with E-state index in [1.54, 1.807) is 30.3 Å². The van der Waals surface area contributed by atoms with E-state index in [0.29, 0.717) is 35.7 Å². The zero-order valence-electron chi connectivity index (χ0n) is 13.4. The van der Waals surface area contributed by atoms with Crippen LogP contribution in [0.25, 0.3) is 0 Å². The van der Waals surface area contributed by atoms with Crippen molar-refractivity contribution in [3.8, 4) is 0 Å². The molecule has 0 aliphatic rings. The molecule has 0 bridgehead atoms. The molecule has 0 aromatic heterocycles. The summed E-state index contributed by atoms with van der Waals surface area (Å²) in [4.78, 5) is 24.7. The highest BCUT2D eigenvalue weighted by atomic mass is 35.5. The van der Waals surface area contributed by atoms with E-state index in [-0.39, 0.29) is 23.1 Å². The Morgan fingerprint density at radius 1 is 0.960 bits per heavy atom. The quantitative estimate of drug-likeness (QED) is 0.640. The van der Waals surface area contributed by atoms with Crippen LogP contribution in [0.2, 0.25) is 10.0 Å². The van der Waals surface area contributed by atoms with Gasteiger partial charge in [0.2, 0.25) is 0 Å². The second-order valence-electron chi connectivity index (χ2n) is 5.31. The van der Waals surface area contributed by atoms with Crippen LogP contribution in [0.3, 0.4) is 0 Å². The van der Waals surface area contributed by atoms with Gasteiger partial charge in [0.1, 0.15) is 0 Å². The van der Waals surface area contributed by atoms with Gasteiger partial charge in [-0.3, -0.25) is 9.59 Å². The number of aliphatic hydroxyl groups excluding tert-OH is 1. The summed E-state index contributed by atoms with van der Waals surface area (Å²) < 4.78 is 0. The highest BCUT2D eigenvalue weighted by Crippen LogP contribution is 2.23. The zero-order valence-corrected chi connectivity index (χ0v) is 14.9. The number of benzene rings is 2. The number of hydrogen-bond donors (Lipinski definition) is 3. The van der Waals surface area contributed by atoms with E-state index in [4.69, 9.17) is 28.3 Å². The number of nitrogens with one attached hydrogen (secondary N) is 2. The van der Waals surface area contributed by atoms with E-state index in [1.807, 2.05) is 0 Å². The first-order chi connectivity index (χ1) is 12.0. The fourth-order valence-electron chi connectivity index (χ4n) is 2.19. The van der Waals surface area contributed by atoms with Crippen molar-refractivity contribution in [3.63, 3.8) is 0 Å². The van der Waals surface area contributed by atoms with Gasteiger partial charge in [-0.1, -0.05) is 35.3 Å². The van der Waals surface area contributed by atoms with Crippen LogP contribution >= 0.6 is 23.2 Å². The number of rotatable bonds is 7. The van der Waals surface area contributed by atoms with Crippen LogP contribution in [0.1, 0.15) is 33.6 Å². The van der Waals surface area contributed by atoms with Crippen LogP contribution in [0.4, 0.5) is 5.69 Å². The van der Waals surface area contributed by atoms with Gasteiger partial charge in [0, 0.05) is 18.2 Å². The first-order valence-electron chi connectivity index (χ1n) is 7.77. The molecule has 0 atom stereocenters. The van der Waals surface area contributed by atoms with Gasteiger partial charge in [0.05, 0.1) is 21.8 Å². The molecule has 0 saturated heterocycles. The topological polar surface area (TPSA) is 78.4 Å². The zero-order chi connectivity index (χ0) is 18.2. The Kier molecular flexibility index (Phi) is 7.25. The fourth-order valence-corrected chi connectivity index (χ4v) is 2.68. The lowest BCUT2D eigenvalue weighted by atomic mass is 10.1. The SMILES string of the molecule is O=C(Nc1ccccc1C(=O)NCCCCO)c1ccc(Cl)cc1Cl. The number of unbranched alkanes of at least 4 members (excludes halogenated alkanes) is 1. The normalized spacial score (nSPS) is 10.4. The first kappa shape index (κ1) is 19.2. The molecule has 2 amide bonds. The Hall–Kier alpha value is -2.08. The molecule has 0 unspecified atom stereocenters. The van der Waals surface area contributed by atoms with Crippen molar-refractivity contribution in [1.29, 1.82) is 0 Å². The number of carbonyl (C=O) groups excluding carboxylic acids is 2. The predicted molar refractivity (Wildman–Crippen MR) is 99.5 cm³/mol. The molecular weight excluding hydrogens is 363 g/mol. The molecule has 25 heavy (non-hydrogen) atoms. The summed E-state index contributed by atoms with van der Waals surface area (Å²) in [6.45, 7) is 0.537. The molecule has 0 aliphatic carbocycles. The molecule has 2 aromatic rings. The van der Waals surface area contributed by atoms with Crippen molar-refractivity contribution < 1.29 is 14.7 Å². The number of hydrogen-bond acceptors (Lipinski definition) is 3. The van der Waals surface area contributed by atoms with E-state index < -0.39 is 5.91 Å². The molecule has 132 valence electrons. The van der Waals surface area contributed by atoms with Gasteiger partial charge in [-0.15, -0.1) is 0 Å². The third-order valence-electron chi connectivity index (χ3n) is 3.47. The minimum atomic E-state index is -0.429. The van der Waals surface area contributed by atoms with Crippen LogP contribution < -0.4 is 10.6 Å². The molecule has 2 aromatic carbocycles. The summed E-state index contributed by atoms with van der Waals surface area (Å²) in [5.41, 5.74) is 1.01. The number of aliphatic hydroxyl groups is 1. The van der Waals surface area contributed by atoms with Gasteiger partial charge in [-0.05, 0) is 43.2 Å². The summed E-state index contributed by atoms with van der Waals surface area (Å²) in [6, 6.07) is 11.3. The summed E-state index contributed by atoms with van der Waals surface area (Å²) in [7, 11) is 0. The molecule has 7 heteroatoms. The van der Waals surface area contributed by atoms with Crippen molar-refractivity contribution in [1.82, 2.24) is 5.32 Å². The van der Waals surface area contributed by atoms with Crippen molar-refractivity contribution in [2.45, 2.75) is 12.8 Å². The van der Waals surface area contributed by atoms with Crippen molar-refractivity contribution >= 4 is 40.7 Å². The minimum Gasteiger partial charge on any atom is -0.396 e. The number of carbonyl (C=O) groups is 2. The van der Waals surface area contributed by atoms with Crippen LogP contribution in [-0.2, 0) is 0 Å². The largest absolute Gasteiger partial charge is 0.396 e. The molecule has 3 N–H and O–H groups in total. The van der Waals surface area contributed by atoms with Gasteiger partial charge in [0.15, 0.2) is 0 Å². The van der Waals surface area contributed by atoms with Crippen LogP contribution in [-0.4, -0.2) is 30.1 Å². The van der Waals surface area contributed by atoms with E-state index in [9.17, 15) is 9.59 Å². The summed E-state index contributed by atoms with van der Waals surface area (Å²) >= 11 is 11.9. The van der Waals surface area contributed by atoms with Gasteiger partial charge in [-0.25, -0.2) is 0 Å². The summed E-state index contributed by atoms with van der Waals surface area (Å²) in [5, 5.41) is 14.9. The maximum atomic E-state index is 12.4. The van der Waals surface area contributed by atoms with Crippen LogP contribution in [0, 0.1) is 0 Å². The maximum absolute atomic E-state index is 12.4. The number of amides is 2. The van der Waals surface area contributed by atoms with Gasteiger partial charge in [-0.2, -0.15) is 0 Å². The highest BCUT2D eigenvalue weighted by Gasteiger charge is 2.15. The average Bonchev–Trinajstić information content (AvgIpc) is 2.59. The Bertz CT molecular complexity index is 766. The van der Waals surface area contributed by atoms with Crippen LogP contribution in [0.15, 0.2) is 42.5 Å². The molecule has 2 rings (SSSR count).